The Morgan fingerprint density at radius 2 is 1.85 bits per heavy atom. The van der Waals surface area contributed by atoms with Crippen molar-refractivity contribution in [3.63, 3.8) is 0 Å². The fourth-order valence-corrected chi connectivity index (χ4v) is 1.74. The lowest BCUT2D eigenvalue weighted by Crippen LogP contribution is -2.44. The molecule has 0 saturated heterocycles. The number of amides is 2. The molecule has 108 valence electrons. The van der Waals surface area contributed by atoms with Crippen LogP contribution in [0.2, 0.25) is 5.02 Å². The maximum atomic E-state index is 11.9. The molecule has 0 aliphatic heterocycles. The van der Waals surface area contributed by atoms with E-state index in [0.717, 1.165) is 0 Å². The fraction of sp³-hybridized carbons (Fsp3) is 0.357. The molecule has 1 aromatic rings. The van der Waals surface area contributed by atoms with Crippen LogP contribution in [0, 0.1) is 0 Å². The largest absolute Gasteiger partial charge is 0.368 e. The number of Topliss-reactive ketones (excluding diaryl/α,β-unsaturated/α-hetero) is 1. The van der Waals surface area contributed by atoms with Crippen molar-refractivity contribution in [2.75, 3.05) is 0 Å². The van der Waals surface area contributed by atoms with Crippen molar-refractivity contribution in [3.8, 4) is 0 Å². The second-order valence-corrected chi connectivity index (χ2v) is 4.80. The van der Waals surface area contributed by atoms with Crippen LogP contribution in [0.4, 0.5) is 0 Å². The van der Waals surface area contributed by atoms with E-state index in [1.807, 2.05) is 0 Å². The molecule has 1 atom stereocenters. The zero-order valence-electron chi connectivity index (χ0n) is 11.2. The van der Waals surface area contributed by atoms with Gasteiger partial charge in [0.05, 0.1) is 0 Å². The molecule has 0 aliphatic carbocycles. The van der Waals surface area contributed by atoms with Crippen molar-refractivity contribution in [3.05, 3.63) is 34.9 Å². The maximum Gasteiger partial charge on any atom is 0.251 e. The SMILES string of the molecule is CCC(=O)CC[C@@H](NC(=O)c1ccc(Cl)cc1)C(N)=O. The molecule has 2 amide bonds. The first-order chi connectivity index (χ1) is 9.43. The van der Waals surface area contributed by atoms with Crippen molar-refractivity contribution < 1.29 is 14.4 Å². The van der Waals surface area contributed by atoms with E-state index in [2.05, 4.69) is 5.32 Å². The number of nitrogens with two attached hydrogens (primary N) is 1. The average molecular weight is 297 g/mol. The van der Waals surface area contributed by atoms with Gasteiger partial charge in [0, 0.05) is 23.4 Å². The number of carbonyl (C=O) groups excluding carboxylic acids is 3. The second-order valence-electron chi connectivity index (χ2n) is 4.37. The van der Waals surface area contributed by atoms with E-state index in [4.69, 9.17) is 17.3 Å². The predicted octanol–water partition coefficient (Wildman–Crippen LogP) is 1.68. The van der Waals surface area contributed by atoms with Gasteiger partial charge in [-0.15, -0.1) is 0 Å². The second kappa shape index (κ2) is 7.65. The number of benzene rings is 1. The van der Waals surface area contributed by atoms with Crippen LogP contribution < -0.4 is 11.1 Å². The summed E-state index contributed by atoms with van der Waals surface area (Å²) in [5.41, 5.74) is 5.61. The van der Waals surface area contributed by atoms with E-state index in [0.29, 0.717) is 17.0 Å². The molecule has 0 unspecified atom stereocenters. The molecule has 0 bridgehead atoms. The summed E-state index contributed by atoms with van der Waals surface area (Å²) in [6.45, 7) is 1.74. The summed E-state index contributed by atoms with van der Waals surface area (Å²) >= 11 is 5.73. The Hall–Kier alpha value is -1.88. The summed E-state index contributed by atoms with van der Waals surface area (Å²) in [5.74, 6) is -1.05. The highest BCUT2D eigenvalue weighted by atomic mass is 35.5. The summed E-state index contributed by atoms with van der Waals surface area (Å²) in [6, 6.07) is 5.40. The molecule has 0 fully saturated rings. The van der Waals surface area contributed by atoms with Gasteiger partial charge in [-0.3, -0.25) is 14.4 Å². The van der Waals surface area contributed by atoms with Crippen LogP contribution in [0.5, 0.6) is 0 Å². The summed E-state index contributed by atoms with van der Waals surface area (Å²) in [6.07, 6.45) is 0.822. The molecule has 0 saturated carbocycles. The van der Waals surface area contributed by atoms with Crippen LogP contribution in [0.3, 0.4) is 0 Å². The number of halogens is 1. The van der Waals surface area contributed by atoms with Gasteiger partial charge in [-0.05, 0) is 30.7 Å². The number of carbonyl (C=O) groups is 3. The summed E-state index contributed by atoms with van der Waals surface area (Å²) in [5, 5.41) is 3.04. The van der Waals surface area contributed by atoms with Crippen LogP contribution in [0.25, 0.3) is 0 Å². The zero-order valence-corrected chi connectivity index (χ0v) is 11.9. The van der Waals surface area contributed by atoms with Crippen LogP contribution >= 0.6 is 11.6 Å². The van der Waals surface area contributed by atoms with Crippen molar-refractivity contribution in [1.82, 2.24) is 5.32 Å². The molecule has 0 radical (unpaired) electrons. The molecule has 0 heterocycles. The number of hydrogen-bond donors (Lipinski definition) is 2. The Kier molecular flexibility index (Phi) is 6.18. The Bertz CT molecular complexity index is 500. The van der Waals surface area contributed by atoms with Crippen LogP contribution in [-0.4, -0.2) is 23.6 Å². The van der Waals surface area contributed by atoms with Gasteiger partial charge in [0.1, 0.15) is 11.8 Å². The van der Waals surface area contributed by atoms with E-state index < -0.39 is 17.9 Å². The standard InChI is InChI=1S/C14H17ClN2O3/c1-2-11(18)7-8-12(13(16)19)17-14(20)9-3-5-10(15)6-4-9/h3-6,12H,2,7-8H2,1H3,(H2,16,19)(H,17,20)/t12-/m1/s1. The first kappa shape index (κ1) is 16.2. The number of ketones is 1. The van der Waals surface area contributed by atoms with Gasteiger partial charge in [-0.2, -0.15) is 0 Å². The minimum absolute atomic E-state index is 0.0250. The Morgan fingerprint density at radius 1 is 1.25 bits per heavy atom. The number of nitrogens with one attached hydrogen (secondary N) is 1. The summed E-state index contributed by atoms with van der Waals surface area (Å²) in [4.78, 5) is 34.5. The van der Waals surface area contributed by atoms with Gasteiger partial charge in [0.2, 0.25) is 5.91 Å². The third-order valence-electron chi connectivity index (χ3n) is 2.86. The topological polar surface area (TPSA) is 89.3 Å². The van der Waals surface area contributed by atoms with E-state index in [9.17, 15) is 14.4 Å². The highest BCUT2D eigenvalue weighted by molar-refractivity contribution is 6.30. The van der Waals surface area contributed by atoms with Crippen molar-refractivity contribution in [1.29, 1.82) is 0 Å². The lowest BCUT2D eigenvalue weighted by molar-refractivity contribution is -0.121. The van der Waals surface area contributed by atoms with Gasteiger partial charge in [0.25, 0.3) is 5.91 Å². The van der Waals surface area contributed by atoms with Gasteiger partial charge < -0.3 is 11.1 Å². The molecular formula is C14H17ClN2O3. The molecule has 6 heteroatoms. The van der Waals surface area contributed by atoms with Gasteiger partial charge in [-0.25, -0.2) is 0 Å². The van der Waals surface area contributed by atoms with E-state index >= 15 is 0 Å². The predicted molar refractivity (Wildman–Crippen MR) is 76.4 cm³/mol. The average Bonchev–Trinajstić information content (AvgIpc) is 2.43. The number of primary amides is 1. The number of hydrogen-bond acceptors (Lipinski definition) is 3. The maximum absolute atomic E-state index is 11.9. The molecule has 0 spiro atoms. The fourth-order valence-electron chi connectivity index (χ4n) is 1.61. The van der Waals surface area contributed by atoms with E-state index in [-0.39, 0.29) is 18.6 Å². The lowest BCUT2D eigenvalue weighted by Gasteiger charge is -2.15. The van der Waals surface area contributed by atoms with E-state index in [1.165, 1.54) is 0 Å². The zero-order chi connectivity index (χ0) is 15.1. The van der Waals surface area contributed by atoms with Crippen LogP contribution in [-0.2, 0) is 9.59 Å². The first-order valence-corrected chi connectivity index (χ1v) is 6.69. The Balaban J connectivity index is 2.65. The van der Waals surface area contributed by atoms with Gasteiger partial charge in [0.15, 0.2) is 0 Å². The highest BCUT2D eigenvalue weighted by Gasteiger charge is 2.19. The highest BCUT2D eigenvalue weighted by Crippen LogP contribution is 2.10. The third-order valence-corrected chi connectivity index (χ3v) is 3.11. The summed E-state index contributed by atoms with van der Waals surface area (Å²) < 4.78 is 0. The number of rotatable bonds is 7. The first-order valence-electron chi connectivity index (χ1n) is 6.31. The van der Waals surface area contributed by atoms with Crippen molar-refractivity contribution in [2.45, 2.75) is 32.2 Å². The molecule has 1 rings (SSSR count). The smallest absolute Gasteiger partial charge is 0.251 e. The molecule has 20 heavy (non-hydrogen) atoms. The van der Waals surface area contributed by atoms with Crippen LogP contribution in [0.15, 0.2) is 24.3 Å². The normalized spacial score (nSPS) is 11.7. The monoisotopic (exact) mass is 296 g/mol. The Morgan fingerprint density at radius 3 is 2.35 bits per heavy atom. The lowest BCUT2D eigenvalue weighted by atomic mass is 10.1. The molecule has 1 aromatic carbocycles. The molecular weight excluding hydrogens is 280 g/mol. The quantitative estimate of drug-likeness (QED) is 0.802. The molecule has 0 aliphatic rings. The van der Waals surface area contributed by atoms with Crippen molar-refractivity contribution >= 4 is 29.2 Å². The van der Waals surface area contributed by atoms with E-state index in [1.54, 1.807) is 31.2 Å². The Labute approximate surface area is 122 Å². The molecule has 0 aromatic heterocycles. The molecule has 3 N–H and O–H groups in total. The molecule has 5 nitrogen and oxygen atoms in total. The van der Waals surface area contributed by atoms with Crippen molar-refractivity contribution in [2.24, 2.45) is 5.73 Å². The van der Waals surface area contributed by atoms with Gasteiger partial charge in [-0.1, -0.05) is 18.5 Å². The third kappa shape index (κ3) is 5.01. The van der Waals surface area contributed by atoms with Crippen LogP contribution in [0.1, 0.15) is 36.5 Å². The minimum Gasteiger partial charge on any atom is -0.368 e. The minimum atomic E-state index is -0.853. The van der Waals surface area contributed by atoms with Gasteiger partial charge >= 0.3 is 0 Å². The summed E-state index contributed by atoms with van der Waals surface area (Å²) in [7, 11) is 0.